The van der Waals surface area contributed by atoms with Crippen LogP contribution in [-0.4, -0.2) is 24.0 Å². The Bertz CT molecular complexity index is 830. The molecule has 1 N–H and O–H groups in total. The van der Waals surface area contributed by atoms with Gasteiger partial charge in [0.15, 0.2) is 5.76 Å². The first kappa shape index (κ1) is 15.1. The molecule has 3 rings (SSSR count). The topological polar surface area (TPSA) is 66.8 Å². The minimum atomic E-state index is -0.811. The average molecular weight is 330 g/mol. The van der Waals surface area contributed by atoms with Crippen molar-refractivity contribution in [3.8, 4) is 5.75 Å². The van der Waals surface area contributed by atoms with Crippen LogP contribution in [0.25, 0.3) is 5.57 Å². The Labute approximate surface area is 137 Å². The van der Waals surface area contributed by atoms with Crippen LogP contribution in [0.15, 0.2) is 54.3 Å². The lowest BCUT2D eigenvalue weighted by molar-refractivity contribution is -0.121. The molecule has 6 heteroatoms. The number of halogens is 1. The number of amides is 2. The number of ether oxygens (including phenoxy) is 1. The molecule has 1 heterocycles. The summed E-state index contributed by atoms with van der Waals surface area (Å²) in [6.45, 7) is 0. The second kappa shape index (κ2) is 5.78. The van der Waals surface area contributed by atoms with Gasteiger partial charge < -0.3 is 9.84 Å². The number of nitrogens with zero attached hydrogens (tertiary/aromatic N) is 1. The number of carbonyl (C=O) groups is 2. The highest BCUT2D eigenvalue weighted by molar-refractivity contribution is 6.45. The molecule has 2 amide bonds. The summed E-state index contributed by atoms with van der Waals surface area (Å²) in [5.41, 5.74) is 0.608. The summed E-state index contributed by atoms with van der Waals surface area (Å²) in [5.74, 6) is -1.73. The van der Waals surface area contributed by atoms with E-state index < -0.39 is 17.6 Å². The highest BCUT2D eigenvalue weighted by Crippen LogP contribution is 2.37. The van der Waals surface area contributed by atoms with Crippen molar-refractivity contribution in [2.24, 2.45) is 0 Å². The molecule has 0 spiro atoms. The van der Waals surface area contributed by atoms with Crippen LogP contribution >= 0.6 is 11.6 Å². The van der Waals surface area contributed by atoms with E-state index in [1.165, 1.54) is 13.2 Å². The van der Waals surface area contributed by atoms with E-state index >= 15 is 0 Å². The van der Waals surface area contributed by atoms with E-state index in [0.29, 0.717) is 16.3 Å². The van der Waals surface area contributed by atoms with Gasteiger partial charge in [-0.25, -0.2) is 4.90 Å². The van der Waals surface area contributed by atoms with Crippen molar-refractivity contribution in [1.82, 2.24) is 0 Å². The summed E-state index contributed by atoms with van der Waals surface area (Å²) >= 11 is 5.96. The van der Waals surface area contributed by atoms with E-state index in [1.807, 2.05) is 0 Å². The number of hydrogen-bond donors (Lipinski definition) is 1. The van der Waals surface area contributed by atoms with Gasteiger partial charge in [-0.2, -0.15) is 0 Å². The van der Waals surface area contributed by atoms with Crippen molar-refractivity contribution in [3.63, 3.8) is 0 Å². The van der Waals surface area contributed by atoms with E-state index in [-0.39, 0.29) is 11.3 Å². The first-order valence-electron chi connectivity index (χ1n) is 6.75. The lowest BCUT2D eigenvalue weighted by Crippen LogP contribution is -2.31. The lowest BCUT2D eigenvalue weighted by atomic mass is 10.1. The number of imide groups is 1. The van der Waals surface area contributed by atoms with E-state index in [2.05, 4.69) is 0 Å². The molecule has 0 atom stereocenters. The zero-order valence-corrected chi connectivity index (χ0v) is 12.9. The van der Waals surface area contributed by atoms with Crippen molar-refractivity contribution in [3.05, 3.63) is 64.9 Å². The average Bonchev–Trinajstić information content (AvgIpc) is 2.78. The third-order valence-electron chi connectivity index (χ3n) is 3.50. The molecule has 0 saturated carbocycles. The maximum Gasteiger partial charge on any atom is 0.301 e. The maximum absolute atomic E-state index is 12.7. The second-order valence-corrected chi connectivity index (χ2v) is 5.29. The fraction of sp³-hybridized carbons (Fsp3) is 0.0588. The van der Waals surface area contributed by atoms with Crippen molar-refractivity contribution in [2.45, 2.75) is 0 Å². The van der Waals surface area contributed by atoms with Gasteiger partial charge in [0, 0.05) is 5.02 Å². The van der Waals surface area contributed by atoms with Gasteiger partial charge in [-0.1, -0.05) is 41.9 Å². The van der Waals surface area contributed by atoms with Crippen LogP contribution in [0.2, 0.25) is 5.02 Å². The van der Waals surface area contributed by atoms with Crippen LogP contribution in [0.5, 0.6) is 5.75 Å². The molecule has 2 aromatic rings. The number of anilines is 1. The van der Waals surface area contributed by atoms with E-state index in [0.717, 1.165) is 4.90 Å². The zero-order valence-electron chi connectivity index (χ0n) is 12.1. The van der Waals surface area contributed by atoms with Crippen LogP contribution < -0.4 is 9.64 Å². The zero-order chi connectivity index (χ0) is 16.6. The molecule has 0 saturated heterocycles. The van der Waals surface area contributed by atoms with Gasteiger partial charge in [-0.05, 0) is 23.8 Å². The Morgan fingerprint density at radius 1 is 1.04 bits per heavy atom. The number of benzene rings is 2. The van der Waals surface area contributed by atoms with Crippen molar-refractivity contribution < 1.29 is 19.4 Å². The predicted molar refractivity (Wildman–Crippen MR) is 86.5 cm³/mol. The molecule has 0 aromatic heterocycles. The Morgan fingerprint density at radius 3 is 2.39 bits per heavy atom. The molecule has 116 valence electrons. The third kappa shape index (κ3) is 2.45. The second-order valence-electron chi connectivity index (χ2n) is 4.85. The first-order chi connectivity index (χ1) is 11.0. The minimum Gasteiger partial charge on any atom is -0.502 e. The van der Waals surface area contributed by atoms with Crippen molar-refractivity contribution in [1.29, 1.82) is 0 Å². The van der Waals surface area contributed by atoms with E-state index in [1.54, 1.807) is 42.5 Å². The van der Waals surface area contributed by atoms with Crippen LogP contribution in [0.1, 0.15) is 5.56 Å². The molecule has 0 radical (unpaired) electrons. The summed E-state index contributed by atoms with van der Waals surface area (Å²) in [6.07, 6.45) is 0. The lowest BCUT2D eigenvalue weighted by Gasteiger charge is -2.18. The minimum absolute atomic E-state index is 0.0439. The van der Waals surface area contributed by atoms with Gasteiger partial charge in [-0.15, -0.1) is 0 Å². The summed E-state index contributed by atoms with van der Waals surface area (Å²) in [4.78, 5) is 25.9. The van der Waals surface area contributed by atoms with Gasteiger partial charge in [0.25, 0.3) is 5.91 Å². The van der Waals surface area contributed by atoms with E-state index in [9.17, 15) is 14.7 Å². The fourth-order valence-electron chi connectivity index (χ4n) is 2.44. The Kier molecular flexibility index (Phi) is 3.80. The fourth-order valence-corrected chi connectivity index (χ4v) is 2.61. The molecule has 2 aromatic carbocycles. The molecule has 23 heavy (non-hydrogen) atoms. The monoisotopic (exact) mass is 329 g/mol. The number of carbonyl (C=O) groups excluding carboxylic acids is 2. The van der Waals surface area contributed by atoms with Crippen LogP contribution in [0.3, 0.4) is 0 Å². The Balaban J connectivity index is 2.11. The van der Waals surface area contributed by atoms with Gasteiger partial charge in [0.2, 0.25) is 0 Å². The number of aliphatic hydroxyl groups is 1. The summed E-state index contributed by atoms with van der Waals surface area (Å²) < 4.78 is 5.18. The molecule has 0 unspecified atom stereocenters. The number of aliphatic hydroxyl groups excluding tert-OH is 1. The highest BCUT2D eigenvalue weighted by atomic mass is 35.5. The molecule has 0 fully saturated rings. The van der Waals surface area contributed by atoms with Gasteiger partial charge >= 0.3 is 5.91 Å². The number of rotatable bonds is 3. The largest absolute Gasteiger partial charge is 0.502 e. The quantitative estimate of drug-likeness (QED) is 0.878. The van der Waals surface area contributed by atoms with Gasteiger partial charge in [0.05, 0.1) is 18.4 Å². The first-order valence-corrected chi connectivity index (χ1v) is 7.13. The smallest absolute Gasteiger partial charge is 0.301 e. The van der Waals surface area contributed by atoms with Gasteiger partial charge in [0.1, 0.15) is 5.75 Å². The van der Waals surface area contributed by atoms with Crippen LogP contribution in [0.4, 0.5) is 5.69 Å². The van der Waals surface area contributed by atoms with Crippen molar-refractivity contribution in [2.75, 3.05) is 12.0 Å². The normalized spacial score (nSPS) is 14.6. The third-order valence-corrected chi connectivity index (χ3v) is 3.74. The Morgan fingerprint density at radius 2 is 1.74 bits per heavy atom. The SMILES string of the molecule is COc1ccc(Cl)cc1N1C(=O)C(O)=C(c2ccccc2)C1=O. The molecular formula is C17H12ClNO4. The summed E-state index contributed by atoms with van der Waals surface area (Å²) in [6, 6.07) is 13.1. The van der Waals surface area contributed by atoms with Crippen LogP contribution in [-0.2, 0) is 9.59 Å². The summed E-state index contributed by atoms with van der Waals surface area (Å²) in [7, 11) is 1.42. The van der Waals surface area contributed by atoms with Crippen LogP contribution in [0, 0.1) is 0 Å². The summed E-state index contributed by atoms with van der Waals surface area (Å²) in [5, 5.41) is 10.5. The van der Waals surface area contributed by atoms with Crippen molar-refractivity contribution >= 4 is 34.7 Å². The molecule has 0 bridgehead atoms. The standard InChI is InChI=1S/C17H12ClNO4/c1-23-13-8-7-11(18)9-12(13)19-16(21)14(15(20)17(19)22)10-5-3-2-4-6-10/h2-9,20H,1H3. The Hall–Kier alpha value is -2.79. The molecule has 1 aliphatic rings. The molecular weight excluding hydrogens is 318 g/mol. The highest BCUT2D eigenvalue weighted by Gasteiger charge is 2.41. The predicted octanol–water partition coefficient (Wildman–Crippen LogP) is 3.19. The molecule has 1 aliphatic heterocycles. The number of methoxy groups -OCH3 is 1. The maximum atomic E-state index is 12.7. The van der Waals surface area contributed by atoms with Gasteiger partial charge in [-0.3, -0.25) is 9.59 Å². The van der Waals surface area contributed by atoms with E-state index in [4.69, 9.17) is 16.3 Å². The molecule has 0 aliphatic carbocycles. The number of hydrogen-bond acceptors (Lipinski definition) is 4. The molecule has 5 nitrogen and oxygen atoms in total.